The molecule has 41 heavy (non-hydrogen) atoms. The molecule has 0 aliphatic heterocycles. The summed E-state index contributed by atoms with van der Waals surface area (Å²) >= 11 is 0. The van der Waals surface area contributed by atoms with Gasteiger partial charge in [0.1, 0.15) is 29.3 Å². The van der Waals surface area contributed by atoms with Gasteiger partial charge in [0.2, 0.25) is 0 Å². The Balaban J connectivity index is 1.75. The summed E-state index contributed by atoms with van der Waals surface area (Å²) in [7, 11) is -1.30. The molecule has 11 nitrogen and oxygen atoms in total. The van der Waals surface area contributed by atoms with Crippen LogP contribution in [0.25, 0.3) is 0 Å². The van der Waals surface area contributed by atoms with Crippen LogP contribution in [0.4, 0.5) is 5.82 Å². The molecular weight excluding hydrogens is 549 g/mol. The molecule has 4 N–H and O–H groups in total. The molecule has 0 saturated carbocycles. The Morgan fingerprint density at radius 3 is 1.95 bits per heavy atom. The maximum absolute atomic E-state index is 11.7. The normalized spacial score (nSPS) is 12.5. The second-order valence-electron chi connectivity index (χ2n) is 9.07. The minimum absolute atomic E-state index is 0.0655. The number of rotatable bonds is 14. The zero-order chi connectivity index (χ0) is 29.3. The highest BCUT2D eigenvalue weighted by Gasteiger charge is 2.39. The number of aromatic nitrogens is 2. The summed E-state index contributed by atoms with van der Waals surface area (Å²) in [5, 5.41) is 3.02. The molecule has 4 aromatic rings. The van der Waals surface area contributed by atoms with E-state index >= 15 is 0 Å². The lowest BCUT2D eigenvalue weighted by atomic mass is 9.80. The van der Waals surface area contributed by atoms with Crippen LogP contribution in [0.3, 0.4) is 0 Å². The van der Waals surface area contributed by atoms with E-state index in [1.807, 2.05) is 78.9 Å². The largest absolute Gasteiger partial charge is 0.497 e. The fraction of sp³-hybridized carbons (Fsp3) is 0.241. The zero-order valence-electron chi connectivity index (χ0n) is 22.6. The Morgan fingerprint density at radius 2 is 1.44 bits per heavy atom. The molecule has 1 heterocycles. The van der Waals surface area contributed by atoms with Crippen LogP contribution in [0.15, 0.2) is 95.9 Å². The number of hydrogen-bond acceptors (Lipinski definition) is 8. The summed E-state index contributed by atoms with van der Waals surface area (Å²) in [6, 6.07) is 26.1. The van der Waals surface area contributed by atoms with E-state index in [0.717, 1.165) is 16.7 Å². The third-order valence-electron chi connectivity index (χ3n) is 6.33. The van der Waals surface area contributed by atoms with Gasteiger partial charge in [-0.05, 0) is 47.0 Å². The molecule has 0 fully saturated rings. The predicted octanol–water partition coefficient (Wildman–Crippen LogP) is 3.73. The maximum atomic E-state index is 11.7. The fourth-order valence-corrected chi connectivity index (χ4v) is 4.76. The number of methoxy groups -OCH3 is 2. The van der Waals surface area contributed by atoms with Crippen molar-refractivity contribution in [3.63, 3.8) is 0 Å². The third kappa shape index (κ3) is 7.81. The van der Waals surface area contributed by atoms with Crippen molar-refractivity contribution in [3.05, 3.63) is 118 Å². The fourth-order valence-electron chi connectivity index (χ4n) is 4.36. The van der Waals surface area contributed by atoms with Gasteiger partial charge < -0.3 is 34.1 Å². The molecule has 0 aliphatic rings. The second kappa shape index (κ2) is 13.6. The Bertz CT molecular complexity index is 1440. The molecule has 0 saturated heterocycles. The Hall–Kier alpha value is -3.99. The summed E-state index contributed by atoms with van der Waals surface area (Å²) in [4.78, 5) is 36.8. The molecule has 1 aromatic heterocycles. The van der Waals surface area contributed by atoms with Gasteiger partial charge in [0.05, 0.1) is 26.9 Å². The number of hydrogen-bond donors (Lipinski definition) is 4. The van der Waals surface area contributed by atoms with Gasteiger partial charge in [-0.1, -0.05) is 54.6 Å². The van der Waals surface area contributed by atoms with Gasteiger partial charge in [0, 0.05) is 12.7 Å². The molecule has 216 valence electrons. The molecule has 0 aliphatic carbocycles. The average molecular weight is 582 g/mol. The van der Waals surface area contributed by atoms with Crippen LogP contribution >= 0.6 is 7.60 Å². The van der Waals surface area contributed by atoms with Gasteiger partial charge >= 0.3 is 13.3 Å². The number of nitrogens with zero attached hydrogens (tertiary/aromatic N) is 1. The van der Waals surface area contributed by atoms with Crippen LogP contribution in [0.2, 0.25) is 0 Å². The van der Waals surface area contributed by atoms with Gasteiger partial charge in [-0.3, -0.25) is 9.55 Å². The summed E-state index contributed by atoms with van der Waals surface area (Å²) < 4.78 is 34.9. The number of H-pyrrole nitrogens is 1. The first kappa shape index (κ1) is 30.0. The minimum atomic E-state index is -4.48. The van der Waals surface area contributed by atoms with Gasteiger partial charge in [0.25, 0.3) is 0 Å². The van der Waals surface area contributed by atoms with E-state index in [0.29, 0.717) is 17.3 Å². The lowest BCUT2D eigenvalue weighted by molar-refractivity contribution is -0.0530. The van der Waals surface area contributed by atoms with E-state index < -0.39 is 31.3 Å². The average Bonchev–Trinajstić information content (AvgIpc) is 2.99. The first-order valence-corrected chi connectivity index (χ1v) is 14.5. The van der Waals surface area contributed by atoms with Gasteiger partial charge in [0.15, 0.2) is 0 Å². The van der Waals surface area contributed by atoms with Crippen molar-refractivity contribution >= 4 is 13.4 Å². The van der Waals surface area contributed by atoms with Crippen LogP contribution < -0.4 is 20.5 Å². The highest BCUT2D eigenvalue weighted by atomic mass is 31.2. The minimum Gasteiger partial charge on any atom is -0.497 e. The lowest BCUT2D eigenvalue weighted by Crippen LogP contribution is -2.38. The van der Waals surface area contributed by atoms with E-state index in [2.05, 4.69) is 15.3 Å². The van der Waals surface area contributed by atoms with Crippen LogP contribution in [-0.4, -0.2) is 59.6 Å². The molecule has 3 aromatic carbocycles. The summed E-state index contributed by atoms with van der Waals surface area (Å²) in [6.45, 7) is -0.0225. The van der Waals surface area contributed by atoms with Gasteiger partial charge in [-0.15, -0.1) is 0 Å². The molecule has 0 amide bonds. The number of ether oxygens (including phenoxy) is 4. The molecular formula is C29H32N3O8P. The number of benzene rings is 3. The SMILES string of the molecule is COc1ccc(C(OC[C@H](CNc2ccnc(=O)[nH]2)OCP(=O)(O)O)(c2ccccc2)c2ccc(OC)cc2)cc1. The monoisotopic (exact) mass is 581 g/mol. The molecule has 1 atom stereocenters. The second-order valence-corrected chi connectivity index (χ2v) is 10.7. The first-order valence-electron chi connectivity index (χ1n) is 12.7. The smallest absolute Gasteiger partial charge is 0.350 e. The lowest BCUT2D eigenvalue weighted by Gasteiger charge is -2.37. The van der Waals surface area contributed by atoms with Crippen LogP contribution in [-0.2, 0) is 19.6 Å². The van der Waals surface area contributed by atoms with Gasteiger partial charge in [-0.25, -0.2) is 9.78 Å². The van der Waals surface area contributed by atoms with E-state index in [1.165, 1.54) is 6.20 Å². The Labute approximate surface area is 237 Å². The number of aromatic amines is 1. The maximum Gasteiger partial charge on any atom is 0.350 e. The molecule has 0 spiro atoms. The highest BCUT2D eigenvalue weighted by molar-refractivity contribution is 7.51. The summed E-state index contributed by atoms with van der Waals surface area (Å²) in [6.07, 6.45) is -0.297. The highest BCUT2D eigenvalue weighted by Crippen LogP contribution is 2.42. The molecule has 0 bridgehead atoms. The molecule has 0 unspecified atom stereocenters. The van der Waals surface area contributed by atoms with Gasteiger partial charge in [-0.2, -0.15) is 0 Å². The van der Waals surface area contributed by atoms with Crippen molar-refractivity contribution in [2.24, 2.45) is 0 Å². The van der Waals surface area contributed by atoms with E-state index in [9.17, 15) is 19.1 Å². The quantitative estimate of drug-likeness (QED) is 0.128. The van der Waals surface area contributed by atoms with Crippen molar-refractivity contribution in [3.8, 4) is 11.5 Å². The van der Waals surface area contributed by atoms with Crippen LogP contribution in [0, 0.1) is 0 Å². The summed E-state index contributed by atoms with van der Waals surface area (Å²) in [5.41, 5.74) is 0.690. The van der Waals surface area contributed by atoms with E-state index in [4.69, 9.17) is 18.9 Å². The Morgan fingerprint density at radius 1 is 0.878 bits per heavy atom. The van der Waals surface area contributed by atoms with Crippen LogP contribution in [0.5, 0.6) is 11.5 Å². The number of nitrogens with one attached hydrogen (secondary N) is 2. The van der Waals surface area contributed by atoms with Crippen LogP contribution in [0.1, 0.15) is 16.7 Å². The van der Waals surface area contributed by atoms with Crippen molar-refractivity contribution in [1.29, 1.82) is 0 Å². The topological polar surface area (TPSA) is 152 Å². The summed E-state index contributed by atoms with van der Waals surface area (Å²) in [5.74, 6) is 1.71. The van der Waals surface area contributed by atoms with E-state index in [1.54, 1.807) is 20.3 Å². The van der Waals surface area contributed by atoms with Crippen molar-refractivity contribution in [2.45, 2.75) is 11.7 Å². The molecule has 12 heteroatoms. The Kier molecular flexibility index (Phi) is 9.93. The molecule has 0 radical (unpaired) electrons. The van der Waals surface area contributed by atoms with Crippen molar-refractivity contribution in [1.82, 2.24) is 9.97 Å². The van der Waals surface area contributed by atoms with E-state index in [-0.39, 0.29) is 13.2 Å². The number of anilines is 1. The molecule has 4 rings (SSSR count). The zero-order valence-corrected chi connectivity index (χ0v) is 23.5. The first-order chi connectivity index (χ1) is 19.7. The van der Waals surface area contributed by atoms with Crippen molar-refractivity contribution < 1.29 is 33.3 Å². The van der Waals surface area contributed by atoms with Crippen molar-refractivity contribution in [2.75, 3.05) is 39.0 Å². The standard InChI is InChI=1S/C29H32N3O8P/c1-37-24-12-8-22(9-13-24)29(21-6-4-3-5-7-21,23-10-14-25(38-2)15-11-23)40-19-26(39-20-41(34,35)36)18-31-27-16-17-30-28(33)32-27/h3-17,26H,18-20H2,1-2H3,(H2,34,35,36)(H2,30,31,32,33)/t26-/m0/s1. The third-order valence-corrected chi connectivity index (χ3v) is 6.82. The predicted molar refractivity (Wildman–Crippen MR) is 153 cm³/mol.